The van der Waals surface area contributed by atoms with E-state index in [0.717, 1.165) is 12.0 Å². The highest BCUT2D eigenvalue weighted by molar-refractivity contribution is 5.82. The first kappa shape index (κ1) is 15.0. The van der Waals surface area contributed by atoms with Crippen LogP contribution < -0.4 is 5.32 Å². The van der Waals surface area contributed by atoms with Crippen LogP contribution in [0, 0.1) is 17.7 Å². The molecule has 4 heteroatoms. The molecule has 4 unspecified atom stereocenters. The summed E-state index contributed by atoms with van der Waals surface area (Å²) < 4.78 is 13.1. The number of nitrogens with one attached hydrogen (secondary N) is 1. The molecular formula is C16H22FNO2. The predicted octanol–water partition coefficient (Wildman–Crippen LogP) is 2.45. The molecule has 0 heterocycles. The largest absolute Gasteiger partial charge is 0.393 e. The standard InChI is InChI=1S/C16H22FNO2/c1-10(6-11(2)19)9-18-16(20)15-8-14(15)12-4-3-5-13(17)7-12/h3-5,7,10-11,14-15,19H,6,8-9H2,1-2H3,(H,18,20). The topological polar surface area (TPSA) is 49.3 Å². The molecular weight excluding hydrogens is 257 g/mol. The number of hydrogen-bond acceptors (Lipinski definition) is 2. The summed E-state index contributed by atoms with van der Waals surface area (Å²) in [6, 6.07) is 6.48. The molecule has 0 bridgehead atoms. The van der Waals surface area contributed by atoms with Crippen LogP contribution >= 0.6 is 0 Å². The Morgan fingerprint density at radius 1 is 1.50 bits per heavy atom. The lowest BCUT2D eigenvalue weighted by Crippen LogP contribution is -2.30. The molecule has 1 aliphatic rings. The summed E-state index contributed by atoms with van der Waals surface area (Å²) >= 11 is 0. The van der Waals surface area contributed by atoms with E-state index in [4.69, 9.17) is 0 Å². The molecule has 1 aliphatic carbocycles. The third kappa shape index (κ3) is 4.04. The molecule has 0 aliphatic heterocycles. The summed E-state index contributed by atoms with van der Waals surface area (Å²) in [5.41, 5.74) is 0.905. The molecule has 20 heavy (non-hydrogen) atoms. The van der Waals surface area contributed by atoms with Gasteiger partial charge in [0.1, 0.15) is 5.82 Å². The molecule has 1 amide bonds. The van der Waals surface area contributed by atoms with Gasteiger partial charge in [0.25, 0.3) is 0 Å². The Morgan fingerprint density at radius 3 is 2.90 bits per heavy atom. The highest BCUT2D eigenvalue weighted by atomic mass is 19.1. The lowest BCUT2D eigenvalue weighted by Gasteiger charge is -2.14. The number of carbonyl (C=O) groups is 1. The number of amides is 1. The number of aliphatic hydroxyl groups is 1. The molecule has 4 atom stereocenters. The van der Waals surface area contributed by atoms with Crippen LogP contribution in [0.2, 0.25) is 0 Å². The van der Waals surface area contributed by atoms with Crippen LogP contribution in [0.1, 0.15) is 38.2 Å². The Bertz CT molecular complexity index is 475. The normalized spacial score (nSPS) is 24.0. The van der Waals surface area contributed by atoms with Gasteiger partial charge in [-0.1, -0.05) is 19.1 Å². The maximum atomic E-state index is 13.1. The Morgan fingerprint density at radius 2 is 2.25 bits per heavy atom. The SMILES string of the molecule is CC(O)CC(C)CNC(=O)C1CC1c1cccc(F)c1. The molecule has 2 rings (SSSR count). The first-order valence-electron chi connectivity index (χ1n) is 7.18. The molecule has 1 aromatic rings. The van der Waals surface area contributed by atoms with Crippen molar-refractivity contribution in [2.75, 3.05) is 6.54 Å². The van der Waals surface area contributed by atoms with Gasteiger partial charge in [0, 0.05) is 12.5 Å². The minimum absolute atomic E-state index is 0.0319. The number of rotatable bonds is 6. The van der Waals surface area contributed by atoms with Gasteiger partial charge in [-0.05, 0) is 49.3 Å². The number of hydrogen-bond donors (Lipinski definition) is 2. The lowest BCUT2D eigenvalue weighted by molar-refractivity contribution is -0.122. The third-order valence-corrected chi connectivity index (χ3v) is 3.77. The van der Waals surface area contributed by atoms with E-state index in [2.05, 4.69) is 5.32 Å². The second-order valence-corrected chi connectivity index (χ2v) is 5.94. The van der Waals surface area contributed by atoms with Gasteiger partial charge in [0.2, 0.25) is 5.91 Å². The van der Waals surface area contributed by atoms with Crippen LogP contribution in [-0.4, -0.2) is 23.7 Å². The van der Waals surface area contributed by atoms with Crippen LogP contribution in [0.5, 0.6) is 0 Å². The van der Waals surface area contributed by atoms with Crippen molar-refractivity contribution >= 4 is 5.91 Å². The first-order chi connectivity index (χ1) is 9.47. The summed E-state index contributed by atoms with van der Waals surface area (Å²) in [5.74, 6) is 0.162. The molecule has 110 valence electrons. The van der Waals surface area contributed by atoms with E-state index in [1.54, 1.807) is 13.0 Å². The Kier molecular flexibility index (Phi) is 4.76. The predicted molar refractivity (Wildman–Crippen MR) is 75.7 cm³/mol. The van der Waals surface area contributed by atoms with Gasteiger partial charge in [-0.15, -0.1) is 0 Å². The van der Waals surface area contributed by atoms with Crippen LogP contribution in [0.25, 0.3) is 0 Å². The monoisotopic (exact) mass is 279 g/mol. The summed E-state index contributed by atoms with van der Waals surface area (Å²) in [7, 11) is 0. The van der Waals surface area contributed by atoms with E-state index in [1.165, 1.54) is 12.1 Å². The van der Waals surface area contributed by atoms with Crippen molar-refractivity contribution in [2.24, 2.45) is 11.8 Å². The summed E-state index contributed by atoms with van der Waals surface area (Å²) in [6.45, 7) is 4.33. The second kappa shape index (κ2) is 6.35. The number of carbonyl (C=O) groups excluding carboxylic acids is 1. The van der Waals surface area contributed by atoms with Crippen LogP contribution in [0.4, 0.5) is 4.39 Å². The first-order valence-corrected chi connectivity index (χ1v) is 7.18. The van der Waals surface area contributed by atoms with E-state index in [9.17, 15) is 14.3 Å². The third-order valence-electron chi connectivity index (χ3n) is 3.77. The van der Waals surface area contributed by atoms with Gasteiger partial charge in [-0.3, -0.25) is 4.79 Å². The zero-order valence-corrected chi connectivity index (χ0v) is 12.0. The van der Waals surface area contributed by atoms with Crippen LogP contribution in [0.3, 0.4) is 0 Å². The zero-order valence-electron chi connectivity index (χ0n) is 12.0. The van der Waals surface area contributed by atoms with Crippen molar-refractivity contribution in [3.63, 3.8) is 0 Å². The Balaban J connectivity index is 1.78. The summed E-state index contributed by atoms with van der Waals surface area (Å²) in [4.78, 5) is 12.0. The number of benzene rings is 1. The van der Waals surface area contributed by atoms with Crippen molar-refractivity contribution < 1.29 is 14.3 Å². The van der Waals surface area contributed by atoms with Gasteiger partial charge in [-0.2, -0.15) is 0 Å². The summed E-state index contributed by atoms with van der Waals surface area (Å²) in [5, 5.41) is 12.2. The highest BCUT2D eigenvalue weighted by Crippen LogP contribution is 2.47. The van der Waals surface area contributed by atoms with Crippen LogP contribution in [-0.2, 0) is 4.79 Å². The van der Waals surface area contributed by atoms with Crippen molar-refractivity contribution in [3.8, 4) is 0 Å². The van der Waals surface area contributed by atoms with E-state index >= 15 is 0 Å². The van der Waals surface area contributed by atoms with Crippen molar-refractivity contribution in [1.82, 2.24) is 5.32 Å². The molecule has 0 spiro atoms. The molecule has 2 N–H and O–H groups in total. The molecule has 1 saturated carbocycles. The van der Waals surface area contributed by atoms with Gasteiger partial charge < -0.3 is 10.4 Å². The second-order valence-electron chi connectivity index (χ2n) is 5.94. The van der Waals surface area contributed by atoms with E-state index in [-0.39, 0.29) is 35.6 Å². The quantitative estimate of drug-likeness (QED) is 0.840. The minimum Gasteiger partial charge on any atom is -0.393 e. The maximum Gasteiger partial charge on any atom is 0.223 e. The van der Waals surface area contributed by atoms with E-state index < -0.39 is 0 Å². The van der Waals surface area contributed by atoms with Crippen molar-refractivity contribution in [3.05, 3.63) is 35.6 Å². The van der Waals surface area contributed by atoms with Gasteiger partial charge >= 0.3 is 0 Å². The highest BCUT2D eigenvalue weighted by Gasteiger charge is 2.43. The minimum atomic E-state index is -0.345. The van der Waals surface area contributed by atoms with E-state index in [1.807, 2.05) is 13.0 Å². The molecule has 1 aromatic carbocycles. The fourth-order valence-electron chi connectivity index (χ4n) is 2.66. The average Bonchev–Trinajstić information content (AvgIpc) is 3.15. The van der Waals surface area contributed by atoms with Gasteiger partial charge in [-0.25, -0.2) is 4.39 Å². The molecule has 0 aromatic heterocycles. The van der Waals surface area contributed by atoms with E-state index in [0.29, 0.717) is 13.0 Å². The fourth-order valence-corrected chi connectivity index (χ4v) is 2.66. The average molecular weight is 279 g/mol. The molecule has 0 saturated heterocycles. The lowest BCUT2D eigenvalue weighted by atomic mass is 10.0. The number of aliphatic hydroxyl groups excluding tert-OH is 1. The Hall–Kier alpha value is -1.42. The molecule has 3 nitrogen and oxygen atoms in total. The molecule has 1 fully saturated rings. The van der Waals surface area contributed by atoms with Gasteiger partial charge in [0.05, 0.1) is 6.10 Å². The molecule has 0 radical (unpaired) electrons. The van der Waals surface area contributed by atoms with Crippen molar-refractivity contribution in [2.45, 2.75) is 38.7 Å². The van der Waals surface area contributed by atoms with Crippen LogP contribution in [0.15, 0.2) is 24.3 Å². The zero-order chi connectivity index (χ0) is 14.7. The maximum absolute atomic E-state index is 13.1. The fraction of sp³-hybridized carbons (Fsp3) is 0.562. The summed E-state index contributed by atoms with van der Waals surface area (Å²) in [6.07, 6.45) is 1.13. The van der Waals surface area contributed by atoms with Crippen molar-refractivity contribution in [1.29, 1.82) is 0 Å². The smallest absolute Gasteiger partial charge is 0.223 e. The number of halogens is 1. The Labute approximate surface area is 119 Å². The van der Waals surface area contributed by atoms with Gasteiger partial charge in [0.15, 0.2) is 0 Å².